The first-order chi connectivity index (χ1) is 13.4. The molecule has 0 radical (unpaired) electrons. The lowest BCUT2D eigenvalue weighted by Gasteiger charge is -2.11. The van der Waals surface area contributed by atoms with Gasteiger partial charge in [-0.25, -0.2) is 4.98 Å². The van der Waals surface area contributed by atoms with Gasteiger partial charge < -0.3 is 11.1 Å². The lowest BCUT2D eigenvalue weighted by Crippen LogP contribution is -2.21. The molecule has 0 unspecified atom stereocenters. The van der Waals surface area contributed by atoms with Gasteiger partial charge in [0, 0.05) is 37.2 Å². The summed E-state index contributed by atoms with van der Waals surface area (Å²) in [5, 5.41) is 2.89. The Balaban J connectivity index is 1.63. The molecule has 28 heavy (non-hydrogen) atoms. The quantitative estimate of drug-likeness (QED) is 0.733. The van der Waals surface area contributed by atoms with Gasteiger partial charge in [-0.1, -0.05) is 42.5 Å². The molecule has 1 amide bonds. The molecule has 6 heteroatoms. The number of anilines is 2. The van der Waals surface area contributed by atoms with Crippen molar-refractivity contribution in [2.24, 2.45) is 7.05 Å². The van der Waals surface area contributed by atoms with Crippen LogP contribution in [0.1, 0.15) is 36.4 Å². The van der Waals surface area contributed by atoms with E-state index in [1.54, 1.807) is 13.1 Å². The number of hydrogen-bond acceptors (Lipinski definition) is 4. The van der Waals surface area contributed by atoms with Gasteiger partial charge in [0.05, 0.1) is 5.69 Å². The lowest BCUT2D eigenvalue weighted by atomic mass is 9.98. The zero-order valence-electron chi connectivity index (χ0n) is 15.8. The minimum absolute atomic E-state index is 0.0971. The van der Waals surface area contributed by atoms with Crippen LogP contribution in [0.15, 0.2) is 59.4 Å². The summed E-state index contributed by atoms with van der Waals surface area (Å²) in [6.45, 7) is 1.50. The van der Waals surface area contributed by atoms with Gasteiger partial charge in [0.1, 0.15) is 0 Å². The topological polar surface area (TPSA) is 90.0 Å². The largest absolute Gasteiger partial charge is 0.369 e. The maximum atomic E-state index is 12.0. The van der Waals surface area contributed by atoms with Gasteiger partial charge in [-0.2, -0.15) is 0 Å². The van der Waals surface area contributed by atoms with E-state index in [9.17, 15) is 9.59 Å². The fourth-order valence-electron chi connectivity index (χ4n) is 3.63. The van der Waals surface area contributed by atoms with Gasteiger partial charge >= 0.3 is 0 Å². The number of carbonyl (C=O) groups is 1. The fraction of sp³-hybridized carbons (Fsp3) is 0.227. The molecule has 0 aliphatic heterocycles. The molecule has 142 valence electrons. The van der Waals surface area contributed by atoms with E-state index in [1.165, 1.54) is 17.1 Å². The van der Waals surface area contributed by atoms with Crippen molar-refractivity contribution in [2.75, 3.05) is 11.1 Å². The molecule has 0 bridgehead atoms. The Morgan fingerprint density at radius 1 is 1.14 bits per heavy atom. The molecule has 1 saturated carbocycles. The Bertz CT molecular complexity index is 1120. The average Bonchev–Trinajstić information content (AvgIpc) is 3.47. The monoisotopic (exact) mass is 374 g/mol. The van der Waals surface area contributed by atoms with Gasteiger partial charge in [-0.3, -0.25) is 14.2 Å². The summed E-state index contributed by atoms with van der Waals surface area (Å²) in [5.74, 6) is 0.662. The van der Waals surface area contributed by atoms with E-state index in [0.29, 0.717) is 5.92 Å². The number of nitrogens with one attached hydrogen (secondary N) is 1. The van der Waals surface area contributed by atoms with Crippen molar-refractivity contribution < 1.29 is 4.79 Å². The molecule has 1 fully saturated rings. The Labute approximate surface area is 163 Å². The summed E-state index contributed by atoms with van der Waals surface area (Å²) in [7, 11) is 1.62. The Hall–Kier alpha value is -3.41. The second-order valence-corrected chi connectivity index (χ2v) is 7.24. The molecule has 1 aliphatic carbocycles. The van der Waals surface area contributed by atoms with E-state index in [-0.39, 0.29) is 23.3 Å². The molecule has 2 atom stereocenters. The number of carbonyl (C=O) groups excluding carboxylic acids is 1. The van der Waals surface area contributed by atoms with Crippen LogP contribution >= 0.6 is 0 Å². The van der Waals surface area contributed by atoms with Crippen molar-refractivity contribution in [2.45, 2.75) is 25.2 Å². The highest BCUT2D eigenvalue weighted by Gasteiger charge is 2.41. The number of rotatable bonds is 4. The highest BCUT2D eigenvalue weighted by atomic mass is 16.1. The second-order valence-electron chi connectivity index (χ2n) is 7.24. The summed E-state index contributed by atoms with van der Waals surface area (Å²) >= 11 is 0. The van der Waals surface area contributed by atoms with Gasteiger partial charge in [0.2, 0.25) is 11.9 Å². The third-order valence-corrected chi connectivity index (χ3v) is 5.22. The summed E-state index contributed by atoms with van der Waals surface area (Å²) in [6.07, 6.45) is 0.941. The summed E-state index contributed by atoms with van der Waals surface area (Å²) < 4.78 is 1.35. The molecule has 6 nitrogen and oxygen atoms in total. The highest BCUT2D eigenvalue weighted by Crippen LogP contribution is 2.54. The Morgan fingerprint density at radius 3 is 2.68 bits per heavy atom. The smallest absolute Gasteiger partial charge is 0.254 e. The molecule has 0 spiro atoms. The zero-order valence-corrected chi connectivity index (χ0v) is 15.8. The molecular formula is C22H22N4O2. The molecule has 2 aromatic carbocycles. The maximum absolute atomic E-state index is 12.0. The fourth-order valence-corrected chi connectivity index (χ4v) is 3.63. The molecule has 3 N–H and O–H groups in total. The number of nitrogens with zero attached hydrogens (tertiary/aromatic N) is 2. The summed E-state index contributed by atoms with van der Waals surface area (Å²) in [5.41, 5.74) is 10.5. The number of nitrogen functional groups attached to an aromatic ring is 1. The second kappa shape index (κ2) is 6.96. The standard InChI is InChI=1S/C22H22N4O2/c1-13(27)24-19-9-4-3-8-16(19)14-6-5-7-15(10-14)17-11-18(17)20-12-21(28)26(2)22(23)25-20/h3-10,12,17-18H,11H2,1-2H3,(H2,23,25)(H,24,27)/t17-,18-/m0/s1. The normalized spacial score (nSPS) is 17.9. The van der Waals surface area contributed by atoms with E-state index in [4.69, 9.17) is 5.73 Å². The molecule has 3 aromatic rings. The first-order valence-electron chi connectivity index (χ1n) is 9.24. The minimum Gasteiger partial charge on any atom is -0.369 e. The van der Waals surface area contributed by atoms with Crippen molar-refractivity contribution in [3.63, 3.8) is 0 Å². The van der Waals surface area contributed by atoms with Crippen LogP contribution in [0.4, 0.5) is 11.6 Å². The van der Waals surface area contributed by atoms with E-state index >= 15 is 0 Å². The van der Waals surface area contributed by atoms with Crippen molar-refractivity contribution in [1.29, 1.82) is 0 Å². The number of benzene rings is 2. The predicted molar refractivity (Wildman–Crippen MR) is 110 cm³/mol. The first kappa shape index (κ1) is 18.0. The maximum Gasteiger partial charge on any atom is 0.254 e. The average molecular weight is 374 g/mol. The van der Waals surface area contributed by atoms with Gasteiger partial charge in [-0.05, 0) is 29.5 Å². The van der Waals surface area contributed by atoms with Crippen LogP contribution in [-0.4, -0.2) is 15.5 Å². The summed E-state index contributed by atoms with van der Waals surface area (Å²) in [4.78, 5) is 27.9. The van der Waals surface area contributed by atoms with E-state index in [2.05, 4.69) is 22.4 Å². The lowest BCUT2D eigenvalue weighted by molar-refractivity contribution is -0.114. The molecule has 4 rings (SSSR count). The van der Waals surface area contributed by atoms with Crippen LogP contribution < -0.4 is 16.6 Å². The number of amides is 1. The van der Waals surface area contributed by atoms with E-state index < -0.39 is 0 Å². The van der Waals surface area contributed by atoms with E-state index in [1.807, 2.05) is 36.4 Å². The van der Waals surface area contributed by atoms with Crippen LogP contribution in [0.25, 0.3) is 11.1 Å². The molecule has 1 heterocycles. The van der Waals surface area contributed by atoms with Crippen molar-refractivity contribution in [3.05, 3.63) is 76.2 Å². The van der Waals surface area contributed by atoms with Crippen LogP contribution in [-0.2, 0) is 11.8 Å². The molecule has 0 saturated heterocycles. The minimum atomic E-state index is -0.133. The molecular weight excluding hydrogens is 352 g/mol. The first-order valence-corrected chi connectivity index (χ1v) is 9.24. The zero-order chi connectivity index (χ0) is 19.8. The van der Waals surface area contributed by atoms with Gasteiger partial charge in [0.25, 0.3) is 5.56 Å². The van der Waals surface area contributed by atoms with Gasteiger partial charge in [-0.15, -0.1) is 0 Å². The number of hydrogen-bond donors (Lipinski definition) is 2. The Kier molecular flexibility index (Phi) is 4.47. The van der Waals surface area contributed by atoms with Crippen LogP contribution in [0.3, 0.4) is 0 Å². The van der Waals surface area contributed by atoms with Crippen LogP contribution in [0.2, 0.25) is 0 Å². The third kappa shape index (κ3) is 3.41. The number of aromatic nitrogens is 2. The van der Waals surface area contributed by atoms with Crippen LogP contribution in [0.5, 0.6) is 0 Å². The summed E-state index contributed by atoms with van der Waals surface area (Å²) in [6, 6.07) is 17.6. The highest BCUT2D eigenvalue weighted by molar-refractivity contribution is 5.94. The van der Waals surface area contributed by atoms with Crippen molar-refractivity contribution in [1.82, 2.24) is 9.55 Å². The van der Waals surface area contributed by atoms with Crippen LogP contribution in [0, 0.1) is 0 Å². The SMILES string of the molecule is CC(=O)Nc1ccccc1-c1cccc([C@@H]2C[C@@H]2c2cc(=O)n(C)c(N)n2)c1. The van der Waals surface area contributed by atoms with Crippen molar-refractivity contribution >= 4 is 17.5 Å². The Morgan fingerprint density at radius 2 is 1.93 bits per heavy atom. The molecule has 1 aromatic heterocycles. The predicted octanol–water partition coefficient (Wildman–Crippen LogP) is 3.26. The molecule has 1 aliphatic rings. The number of nitrogens with two attached hydrogens (primary N) is 1. The number of para-hydroxylation sites is 1. The van der Waals surface area contributed by atoms with E-state index in [0.717, 1.165) is 28.9 Å². The van der Waals surface area contributed by atoms with Crippen molar-refractivity contribution in [3.8, 4) is 11.1 Å². The van der Waals surface area contributed by atoms with Gasteiger partial charge in [0.15, 0.2) is 0 Å². The third-order valence-electron chi connectivity index (χ3n) is 5.22.